The molecule has 1 atom stereocenters. The first-order chi connectivity index (χ1) is 9.93. The molecule has 7 nitrogen and oxygen atoms in total. The second-order valence-electron chi connectivity index (χ2n) is 5.35. The monoisotopic (exact) mass is 298 g/mol. The van der Waals surface area contributed by atoms with Crippen LogP contribution in [0.2, 0.25) is 0 Å². The van der Waals surface area contributed by atoms with Gasteiger partial charge in [-0.3, -0.25) is 9.89 Å². The summed E-state index contributed by atoms with van der Waals surface area (Å²) in [6.45, 7) is 7.26. The summed E-state index contributed by atoms with van der Waals surface area (Å²) in [5, 5.41) is 6.94. The molecule has 3 N–H and O–H groups in total. The number of anilines is 1. The number of hydrogen-bond donors (Lipinski definition) is 2. The summed E-state index contributed by atoms with van der Waals surface area (Å²) in [6.07, 6.45) is 0. The summed E-state index contributed by atoms with van der Waals surface area (Å²) in [5.74, 6) is -0.0277. The van der Waals surface area contributed by atoms with Crippen LogP contribution in [0.1, 0.15) is 42.9 Å². The van der Waals surface area contributed by atoms with E-state index in [0.29, 0.717) is 25.4 Å². The van der Waals surface area contributed by atoms with Gasteiger partial charge in [-0.25, -0.2) is 0 Å². The average molecular weight is 298 g/mol. The number of carbonyl (C=O) groups excluding carboxylic acids is 1. The molecular formula is C14H26N4O3. The number of nitrogens with zero attached hydrogens (tertiary/aromatic N) is 2. The van der Waals surface area contributed by atoms with Crippen molar-refractivity contribution in [1.29, 1.82) is 0 Å². The fourth-order valence-corrected chi connectivity index (χ4v) is 2.15. The molecule has 0 bridgehead atoms. The molecule has 0 aliphatic heterocycles. The SMILES string of the molecule is COCCN(C(=O)c1n[nH]c(C(C)C)c1N)C(C)COC. The highest BCUT2D eigenvalue weighted by atomic mass is 16.5. The van der Waals surface area contributed by atoms with Crippen molar-refractivity contribution in [2.24, 2.45) is 0 Å². The van der Waals surface area contributed by atoms with Crippen LogP contribution in [0.3, 0.4) is 0 Å². The predicted molar refractivity (Wildman–Crippen MR) is 81.3 cm³/mol. The van der Waals surface area contributed by atoms with Crippen LogP contribution < -0.4 is 5.73 Å². The lowest BCUT2D eigenvalue weighted by Crippen LogP contribution is -2.43. The Kier molecular flexibility index (Phi) is 6.64. The lowest BCUT2D eigenvalue weighted by molar-refractivity contribution is 0.0475. The molecule has 1 aromatic rings. The first-order valence-electron chi connectivity index (χ1n) is 7.06. The number of nitrogen functional groups attached to an aromatic ring is 1. The number of aromatic nitrogens is 2. The Hall–Kier alpha value is -1.60. The van der Waals surface area contributed by atoms with E-state index in [9.17, 15) is 4.79 Å². The zero-order chi connectivity index (χ0) is 16.0. The normalized spacial score (nSPS) is 12.7. The average Bonchev–Trinajstić information content (AvgIpc) is 2.81. The number of nitrogens with two attached hydrogens (primary N) is 1. The minimum absolute atomic E-state index is 0.0868. The van der Waals surface area contributed by atoms with E-state index in [4.69, 9.17) is 15.2 Å². The Morgan fingerprint density at radius 3 is 2.48 bits per heavy atom. The molecule has 1 heterocycles. The summed E-state index contributed by atoms with van der Waals surface area (Å²) in [6, 6.07) is -0.0868. The van der Waals surface area contributed by atoms with Crippen molar-refractivity contribution in [2.75, 3.05) is 39.7 Å². The van der Waals surface area contributed by atoms with Gasteiger partial charge in [0.1, 0.15) is 0 Å². The molecule has 0 saturated heterocycles. The summed E-state index contributed by atoms with van der Waals surface area (Å²) in [7, 11) is 3.21. The van der Waals surface area contributed by atoms with Crippen molar-refractivity contribution < 1.29 is 14.3 Å². The molecule has 120 valence electrons. The Bertz CT molecular complexity index is 459. The van der Waals surface area contributed by atoms with Crippen molar-refractivity contribution in [1.82, 2.24) is 15.1 Å². The third-order valence-corrected chi connectivity index (χ3v) is 3.35. The molecule has 21 heavy (non-hydrogen) atoms. The first kappa shape index (κ1) is 17.5. The molecule has 0 spiro atoms. The number of amides is 1. The quantitative estimate of drug-likeness (QED) is 0.753. The fourth-order valence-electron chi connectivity index (χ4n) is 2.15. The third kappa shape index (κ3) is 4.18. The van der Waals surface area contributed by atoms with Crippen LogP contribution in [0.15, 0.2) is 0 Å². The second-order valence-corrected chi connectivity index (χ2v) is 5.35. The summed E-state index contributed by atoms with van der Waals surface area (Å²) >= 11 is 0. The molecule has 1 unspecified atom stereocenters. The number of hydrogen-bond acceptors (Lipinski definition) is 5. The number of H-pyrrole nitrogens is 1. The highest BCUT2D eigenvalue weighted by Gasteiger charge is 2.26. The zero-order valence-electron chi connectivity index (χ0n) is 13.5. The summed E-state index contributed by atoms with van der Waals surface area (Å²) < 4.78 is 10.2. The molecule has 1 rings (SSSR count). The van der Waals surface area contributed by atoms with Gasteiger partial charge in [-0.1, -0.05) is 13.8 Å². The van der Waals surface area contributed by atoms with Gasteiger partial charge >= 0.3 is 0 Å². The highest BCUT2D eigenvalue weighted by Crippen LogP contribution is 2.23. The van der Waals surface area contributed by atoms with E-state index < -0.39 is 0 Å². The largest absolute Gasteiger partial charge is 0.395 e. The molecule has 0 aromatic carbocycles. The van der Waals surface area contributed by atoms with Crippen LogP contribution in [0.5, 0.6) is 0 Å². The topological polar surface area (TPSA) is 93.5 Å². The van der Waals surface area contributed by atoms with Crippen molar-refractivity contribution in [2.45, 2.75) is 32.7 Å². The number of rotatable bonds is 8. The maximum absolute atomic E-state index is 12.7. The van der Waals surface area contributed by atoms with Crippen LogP contribution in [0, 0.1) is 0 Å². The molecule has 0 aliphatic carbocycles. The van der Waals surface area contributed by atoms with Crippen molar-refractivity contribution >= 4 is 11.6 Å². The smallest absolute Gasteiger partial charge is 0.276 e. The maximum Gasteiger partial charge on any atom is 0.276 e. The minimum Gasteiger partial charge on any atom is -0.395 e. The lowest BCUT2D eigenvalue weighted by Gasteiger charge is -2.28. The molecule has 1 aromatic heterocycles. The second kappa shape index (κ2) is 7.99. The van der Waals surface area contributed by atoms with Crippen LogP contribution in [0.25, 0.3) is 0 Å². The van der Waals surface area contributed by atoms with Gasteiger partial charge in [-0.05, 0) is 12.8 Å². The minimum atomic E-state index is -0.211. The standard InChI is InChI=1S/C14H26N4O3/c1-9(2)12-11(15)13(17-16-12)14(19)18(6-7-20-4)10(3)8-21-5/h9-10H,6-8,15H2,1-5H3,(H,16,17). The maximum atomic E-state index is 12.7. The highest BCUT2D eigenvalue weighted by molar-refractivity contribution is 5.97. The van der Waals surface area contributed by atoms with E-state index in [2.05, 4.69) is 10.2 Å². The molecule has 0 aliphatic rings. The van der Waals surface area contributed by atoms with E-state index >= 15 is 0 Å². The Morgan fingerprint density at radius 2 is 2.00 bits per heavy atom. The van der Waals surface area contributed by atoms with Gasteiger partial charge < -0.3 is 20.1 Å². The lowest BCUT2D eigenvalue weighted by atomic mass is 10.1. The van der Waals surface area contributed by atoms with Crippen LogP contribution in [-0.4, -0.2) is 61.0 Å². The van der Waals surface area contributed by atoms with E-state index in [1.165, 1.54) is 0 Å². The van der Waals surface area contributed by atoms with E-state index in [0.717, 1.165) is 5.69 Å². The molecular weight excluding hydrogens is 272 g/mol. The van der Waals surface area contributed by atoms with Gasteiger partial charge in [0, 0.05) is 20.8 Å². The van der Waals surface area contributed by atoms with Gasteiger partial charge in [-0.2, -0.15) is 5.10 Å². The zero-order valence-corrected chi connectivity index (χ0v) is 13.5. The van der Waals surface area contributed by atoms with E-state index in [1.54, 1.807) is 19.1 Å². The number of carbonyl (C=O) groups is 1. The molecule has 0 saturated carbocycles. The summed E-state index contributed by atoms with van der Waals surface area (Å²) in [4.78, 5) is 14.3. The number of nitrogens with one attached hydrogen (secondary N) is 1. The van der Waals surface area contributed by atoms with Crippen LogP contribution in [-0.2, 0) is 9.47 Å². The van der Waals surface area contributed by atoms with E-state index in [-0.39, 0.29) is 23.6 Å². The molecule has 7 heteroatoms. The van der Waals surface area contributed by atoms with Gasteiger partial charge in [0.2, 0.25) is 0 Å². The van der Waals surface area contributed by atoms with E-state index in [1.807, 2.05) is 20.8 Å². The Labute approximate surface area is 125 Å². The Balaban J connectivity index is 2.99. The number of ether oxygens (including phenoxy) is 2. The van der Waals surface area contributed by atoms with Crippen LogP contribution >= 0.6 is 0 Å². The van der Waals surface area contributed by atoms with Gasteiger partial charge in [0.25, 0.3) is 5.91 Å². The first-order valence-corrected chi connectivity index (χ1v) is 7.06. The number of aromatic amines is 1. The van der Waals surface area contributed by atoms with Gasteiger partial charge in [0.15, 0.2) is 5.69 Å². The summed E-state index contributed by atoms with van der Waals surface area (Å²) in [5.41, 5.74) is 7.50. The molecule has 0 radical (unpaired) electrons. The van der Waals surface area contributed by atoms with Crippen molar-refractivity contribution in [3.05, 3.63) is 11.4 Å². The predicted octanol–water partition coefficient (Wildman–Crippen LogP) is 1.24. The molecule has 1 amide bonds. The van der Waals surface area contributed by atoms with Gasteiger partial charge in [-0.15, -0.1) is 0 Å². The molecule has 0 fully saturated rings. The Morgan fingerprint density at radius 1 is 1.33 bits per heavy atom. The van der Waals surface area contributed by atoms with Crippen molar-refractivity contribution in [3.8, 4) is 0 Å². The number of methoxy groups -OCH3 is 2. The van der Waals surface area contributed by atoms with Gasteiger partial charge in [0.05, 0.1) is 30.6 Å². The van der Waals surface area contributed by atoms with Crippen molar-refractivity contribution in [3.63, 3.8) is 0 Å². The van der Waals surface area contributed by atoms with Crippen LogP contribution in [0.4, 0.5) is 5.69 Å². The fraction of sp³-hybridized carbons (Fsp3) is 0.714. The third-order valence-electron chi connectivity index (χ3n) is 3.35.